The molecule has 0 radical (unpaired) electrons. The van der Waals surface area contributed by atoms with Gasteiger partial charge in [-0.2, -0.15) is 0 Å². The van der Waals surface area contributed by atoms with Crippen molar-refractivity contribution in [3.8, 4) is 0 Å². The zero-order valence-electron chi connectivity index (χ0n) is 12.7. The first kappa shape index (κ1) is 15.0. The fourth-order valence-corrected chi connectivity index (χ4v) is 2.80. The van der Waals surface area contributed by atoms with Gasteiger partial charge in [-0.05, 0) is 18.4 Å². The summed E-state index contributed by atoms with van der Waals surface area (Å²) in [7, 11) is 0. The average molecular weight is 302 g/mol. The Morgan fingerprint density at radius 1 is 1.27 bits per heavy atom. The summed E-state index contributed by atoms with van der Waals surface area (Å²) in [6, 6.07) is 10.3. The zero-order valence-corrected chi connectivity index (χ0v) is 12.7. The van der Waals surface area contributed by atoms with E-state index in [2.05, 4.69) is 5.32 Å². The van der Waals surface area contributed by atoms with E-state index in [0.29, 0.717) is 38.8 Å². The molecule has 5 heteroatoms. The minimum absolute atomic E-state index is 0.0280. The molecule has 22 heavy (non-hydrogen) atoms. The molecule has 1 atom stereocenters. The van der Waals surface area contributed by atoms with E-state index in [9.17, 15) is 9.59 Å². The van der Waals surface area contributed by atoms with Crippen molar-refractivity contribution in [1.29, 1.82) is 0 Å². The number of hydrogen-bond donors (Lipinski definition) is 1. The van der Waals surface area contributed by atoms with Crippen molar-refractivity contribution in [2.45, 2.75) is 31.9 Å². The number of amides is 2. The smallest absolute Gasteiger partial charge is 0.225 e. The van der Waals surface area contributed by atoms with Gasteiger partial charge in [0.15, 0.2) is 0 Å². The molecule has 1 aliphatic heterocycles. The van der Waals surface area contributed by atoms with Gasteiger partial charge in [0.25, 0.3) is 0 Å². The van der Waals surface area contributed by atoms with Gasteiger partial charge in [-0.3, -0.25) is 9.59 Å². The van der Waals surface area contributed by atoms with Gasteiger partial charge >= 0.3 is 0 Å². The molecule has 1 aromatic carbocycles. The van der Waals surface area contributed by atoms with Gasteiger partial charge in [0.05, 0.1) is 19.1 Å². The molecular formula is C17H22N2O3. The van der Waals surface area contributed by atoms with Crippen LogP contribution in [0.4, 0.5) is 0 Å². The van der Waals surface area contributed by atoms with Gasteiger partial charge in [-0.25, -0.2) is 0 Å². The topological polar surface area (TPSA) is 58.6 Å². The van der Waals surface area contributed by atoms with Gasteiger partial charge in [-0.15, -0.1) is 0 Å². The van der Waals surface area contributed by atoms with Crippen LogP contribution >= 0.6 is 0 Å². The lowest BCUT2D eigenvalue weighted by Gasteiger charge is -2.15. The first-order valence-corrected chi connectivity index (χ1v) is 7.93. The summed E-state index contributed by atoms with van der Waals surface area (Å²) in [4.78, 5) is 25.8. The Morgan fingerprint density at radius 2 is 2.05 bits per heavy atom. The molecule has 5 nitrogen and oxygen atoms in total. The Labute approximate surface area is 130 Å². The molecule has 1 saturated heterocycles. The molecule has 2 amide bonds. The van der Waals surface area contributed by atoms with E-state index in [0.717, 1.165) is 18.4 Å². The van der Waals surface area contributed by atoms with Crippen LogP contribution in [0, 0.1) is 5.92 Å². The van der Waals surface area contributed by atoms with Crippen LogP contribution in [0.25, 0.3) is 0 Å². The molecule has 0 bridgehead atoms. The van der Waals surface area contributed by atoms with E-state index < -0.39 is 0 Å². The second kappa shape index (κ2) is 6.92. The highest BCUT2D eigenvalue weighted by Crippen LogP contribution is 2.32. The first-order valence-electron chi connectivity index (χ1n) is 7.93. The summed E-state index contributed by atoms with van der Waals surface area (Å²) < 4.78 is 5.53. The van der Waals surface area contributed by atoms with Crippen LogP contribution in [0.1, 0.15) is 24.8 Å². The Morgan fingerprint density at radius 3 is 2.77 bits per heavy atom. The average Bonchev–Trinajstić information content (AvgIpc) is 3.30. The van der Waals surface area contributed by atoms with Gasteiger partial charge in [-0.1, -0.05) is 30.3 Å². The number of hydrogen-bond acceptors (Lipinski definition) is 3. The van der Waals surface area contributed by atoms with Crippen LogP contribution in [0.5, 0.6) is 0 Å². The number of carbonyl (C=O) groups is 2. The van der Waals surface area contributed by atoms with Gasteiger partial charge in [0.1, 0.15) is 0 Å². The molecule has 3 rings (SSSR count). The predicted octanol–water partition coefficient (Wildman–Crippen LogP) is 1.33. The third-order valence-electron chi connectivity index (χ3n) is 4.17. The monoisotopic (exact) mass is 302 g/mol. The fraction of sp³-hybridized carbons (Fsp3) is 0.529. The van der Waals surface area contributed by atoms with Gasteiger partial charge in [0, 0.05) is 25.6 Å². The third-order valence-corrected chi connectivity index (χ3v) is 4.17. The van der Waals surface area contributed by atoms with E-state index in [-0.39, 0.29) is 17.7 Å². The molecule has 1 unspecified atom stereocenters. The van der Waals surface area contributed by atoms with Crippen molar-refractivity contribution in [3.63, 3.8) is 0 Å². The number of carbonyl (C=O) groups excluding carboxylic acids is 2. The Kier molecular flexibility index (Phi) is 4.73. The number of nitrogens with one attached hydrogen (secondary N) is 1. The van der Waals surface area contributed by atoms with E-state index in [1.54, 1.807) is 0 Å². The molecule has 118 valence electrons. The lowest BCUT2D eigenvalue weighted by molar-refractivity contribution is -0.129. The van der Waals surface area contributed by atoms with Crippen LogP contribution in [-0.4, -0.2) is 42.5 Å². The van der Waals surface area contributed by atoms with Crippen LogP contribution < -0.4 is 5.32 Å². The number of benzene rings is 1. The zero-order chi connectivity index (χ0) is 15.4. The molecule has 1 heterocycles. The Balaban J connectivity index is 1.32. The quantitative estimate of drug-likeness (QED) is 0.773. The predicted molar refractivity (Wildman–Crippen MR) is 81.9 cm³/mol. The molecule has 2 fully saturated rings. The van der Waals surface area contributed by atoms with Crippen LogP contribution in [-0.2, 0) is 20.9 Å². The van der Waals surface area contributed by atoms with Crippen molar-refractivity contribution in [3.05, 3.63) is 35.9 Å². The van der Waals surface area contributed by atoms with Gasteiger partial charge in [0.2, 0.25) is 11.8 Å². The largest absolute Gasteiger partial charge is 0.375 e. The molecule has 0 spiro atoms. The third kappa shape index (κ3) is 3.85. The molecule has 0 aromatic heterocycles. The summed E-state index contributed by atoms with van der Waals surface area (Å²) in [6.45, 7) is 2.10. The Hall–Kier alpha value is -1.88. The minimum atomic E-state index is -0.192. The number of nitrogens with zero attached hydrogens (tertiary/aromatic N) is 1. The highest BCUT2D eigenvalue weighted by atomic mass is 16.5. The molecule has 1 aliphatic carbocycles. The van der Waals surface area contributed by atoms with Crippen molar-refractivity contribution in [2.75, 3.05) is 19.7 Å². The number of ether oxygens (including phenoxy) is 1. The lowest BCUT2D eigenvalue weighted by Crippen LogP contribution is -2.35. The van der Waals surface area contributed by atoms with Crippen LogP contribution in [0.3, 0.4) is 0 Å². The van der Waals surface area contributed by atoms with E-state index >= 15 is 0 Å². The van der Waals surface area contributed by atoms with Crippen LogP contribution in [0.2, 0.25) is 0 Å². The maximum Gasteiger partial charge on any atom is 0.225 e. The molecule has 1 saturated carbocycles. The van der Waals surface area contributed by atoms with Crippen molar-refractivity contribution >= 4 is 11.8 Å². The Bertz CT molecular complexity index is 528. The maximum atomic E-state index is 12.1. The SMILES string of the molecule is O=C(NCCOCc1ccccc1)C1CC(=O)N(C2CC2)C1. The molecular weight excluding hydrogens is 280 g/mol. The highest BCUT2D eigenvalue weighted by Gasteiger charge is 2.41. The second-order valence-corrected chi connectivity index (χ2v) is 6.01. The molecule has 1 N–H and O–H groups in total. The summed E-state index contributed by atoms with van der Waals surface area (Å²) in [5.41, 5.74) is 1.12. The van der Waals surface area contributed by atoms with Crippen molar-refractivity contribution < 1.29 is 14.3 Å². The van der Waals surface area contributed by atoms with E-state index in [1.807, 2.05) is 35.2 Å². The maximum absolute atomic E-state index is 12.1. The van der Waals surface area contributed by atoms with Crippen molar-refractivity contribution in [1.82, 2.24) is 10.2 Å². The molecule has 2 aliphatic rings. The lowest BCUT2D eigenvalue weighted by atomic mass is 10.1. The summed E-state index contributed by atoms with van der Waals surface area (Å²) in [5, 5.41) is 2.87. The molecule has 1 aromatic rings. The first-order chi connectivity index (χ1) is 10.7. The number of rotatable bonds is 7. The van der Waals surface area contributed by atoms with E-state index in [1.165, 1.54) is 0 Å². The van der Waals surface area contributed by atoms with Crippen molar-refractivity contribution in [2.24, 2.45) is 5.92 Å². The van der Waals surface area contributed by atoms with Crippen LogP contribution in [0.15, 0.2) is 30.3 Å². The second-order valence-electron chi connectivity index (χ2n) is 6.01. The highest BCUT2D eigenvalue weighted by molar-refractivity contribution is 5.89. The number of likely N-dealkylation sites (tertiary alicyclic amines) is 1. The van der Waals surface area contributed by atoms with E-state index in [4.69, 9.17) is 4.74 Å². The summed E-state index contributed by atoms with van der Waals surface area (Å²) >= 11 is 0. The fourth-order valence-electron chi connectivity index (χ4n) is 2.80. The summed E-state index contributed by atoms with van der Waals surface area (Å²) in [5.74, 6) is -0.0926. The standard InChI is InChI=1S/C17H22N2O3/c20-16-10-14(11-19(16)15-6-7-15)17(21)18-8-9-22-12-13-4-2-1-3-5-13/h1-5,14-15H,6-12H2,(H,18,21). The normalized spacial score (nSPS) is 21.2. The summed E-state index contributed by atoms with van der Waals surface area (Å²) in [6.07, 6.45) is 2.54. The van der Waals surface area contributed by atoms with Gasteiger partial charge < -0.3 is 15.0 Å². The minimum Gasteiger partial charge on any atom is -0.375 e.